The molecular formula is C33H40N2O2. The van der Waals surface area contributed by atoms with E-state index in [9.17, 15) is 4.79 Å². The largest absolute Gasteiger partial charge is 0.458 e. The lowest BCUT2D eigenvalue weighted by Gasteiger charge is -2.50. The van der Waals surface area contributed by atoms with Gasteiger partial charge < -0.3 is 9.64 Å². The highest BCUT2D eigenvalue weighted by Crippen LogP contribution is 2.53. The fourth-order valence-electron chi connectivity index (χ4n) is 6.20. The second-order valence-corrected chi connectivity index (χ2v) is 11.4. The Bertz CT molecular complexity index is 1250. The molecule has 2 aromatic carbocycles. The summed E-state index contributed by atoms with van der Waals surface area (Å²) in [5.41, 5.74) is 4.72. The maximum Gasteiger partial charge on any atom is 0.308 e. The highest BCUT2D eigenvalue weighted by molar-refractivity contribution is 5.78. The maximum atomic E-state index is 12.8. The van der Waals surface area contributed by atoms with Crippen LogP contribution in [0.25, 0.3) is 16.5 Å². The number of ether oxygens (including phenoxy) is 1. The topological polar surface area (TPSA) is 42.4 Å². The molecule has 0 unspecified atom stereocenters. The van der Waals surface area contributed by atoms with Crippen LogP contribution in [0.2, 0.25) is 0 Å². The molecule has 0 amide bonds. The number of hydrogen-bond acceptors (Lipinski definition) is 4. The standard InChI is InChI=1S/C33H40N2O2/c1-24(2)32(36)37-33(22-28-15-16-29(33)21-30(28)26-11-5-4-6-12-26)17-19-35(3)18-9-10-25-20-27-13-7-8-14-31(27)34-23-25/h4-8,11-14,20-21,23-24,28-29H,9-10,15-19,22H2,1-3H3/t28-,29-,33+/m1/s1. The third-order valence-electron chi connectivity index (χ3n) is 8.37. The van der Waals surface area contributed by atoms with Crippen LogP contribution in [0.3, 0.4) is 0 Å². The number of allylic oxidation sites excluding steroid dienone is 1. The molecule has 3 aliphatic rings. The van der Waals surface area contributed by atoms with Gasteiger partial charge in [-0.1, -0.05) is 68.5 Å². The van der Waals surface area contributed by atoms with Crippen LogP contribution in [0.15, 0.2) is 72.9 Å². The summed E-state index contributed by atoms with van der Waals surface area (Å²) in [5, 5.41) is 1.21. The molecule has 3 aliphatic carbocycles. The van der Waals surface area contributed by atoms with Crippen LogP contribution in [0.4, 0.5) is 0 Å². The predicted octanol–water partition coefficient (Wildman–Crippen LogP) is 6.94. The van der Waals surface area contributed by atoms with Crippen LogP contribution in [-0.4, -0.2) is 41.6 Å². The van der Waals surface area contributed by atoms with Crippen LogP contribution < -0.4 is 0 Å². The first-order valence-electron chi connectivity index (χ1n) is 14.0. The number of para-hydroxylation sites is 1. The number of benzene rings is 2. The number of aryl methyl sites for hydroxylation is 1. The summed E-state index contributed by atoms with van der Waals surface area (Å²) in [6.07, 6.45) is 10.7. The maximum absolute atomic E-state index is 12.8. The first kappa shape index (κ1) is 25.7. The quantitative estimate of drug-likeness (QED) is 0.285. The van der Waals surface area contributed by atoms with Crippen molar-refractivity contribution in [2.24, 2.45) is 17.8 Å². The van der Waals surface area contributed by atoms with Crippen molar-refractivity contribution >= 4 is 22.4 Å². The molecule has 0 spiro atoms. The minimum Gasteiger partial charge on any atom is -0.458 e. The van der Waals surface area contributed by atoms with E-state index in [1.165, 1.54) is 28.5 Å². The number of fused-ring (bicyclic) bond motifs is 3. The van der Waals surface area contributed by atoms with Gasteiger partial charge in [0.25, 0.3) is 0 Å². The van der Waals surface area contributed by atoms with E-state index in [-0.39, 0.29) is 23.4 Å². The van der Waals surface area contributed by atoms with E-state index in [1.807, 2.05) is 26.1 Å². The minimum absolute atomic E-state index is 0.0614. The van der Waals surface area contributed by atoms with E-state index in [2.05, 4.69) is 77.6 Å². The Morgan fingerprint density at radius 3 is 2.62 bits per heavy atom. The fourth-order valence-corrected chi connectivity index (χ4v) is 6.20. The third-order valence-corrected chi connectivity index (χ3v) is 8.37. The molecule has 0 aliphatic heterocycles. The van der Waals surface area contributed by atoms with Gasteiger partial charge in [-0.05, 0) is 80.4 Å². The summed E-state index contributed by atoms with van der Waals surface area (Å²) in [4.78, 5) is 19.9. The van der Waals surface area contributed by atoms with Gasteiger partial charge in [0.05, 0.1) is 11.4 Å². The summed E-state index contributed by atoms with van der Waals surface area (Å²) >= 11 is 0. The second kappa shape index (κ2) is 11.2. The number of aromatic nitrogens is 1. The summed E-state index contributed by atoms with van der Waals surface area (Å²) in [6, 6.07) is 21.3. The molecule has 0 radical (unpaired) electrons. The molecular weight excluding hydrogens is 456 g/mol. The van der Waals surface area contributed by atoms with Gasteiger partial charge in [0.2, 0.25) is 0 Å². The molecule has 0 N–H and O–H groups in total. The molecule has 4 nitrogen and oxygen atoms in total. The number of carbonyl (C=O) groups excluding carboxylic acids is 1. The van der Waals surface area contributed by atoms with Crippen molar-refractivity contribution in [3.63, 3.8) is 0 Å². The number of nitrogens with zero attached hydrogens (tertiary/aromatic N) is 2. The molecule has 2 bridgehead atoms. The van der Waals surface area contributed by atoms with E-state index < -0.39 is 0 Å². The number of rotatable bonds is 10. The highest BCUT2D eigenvalue weighted by atomic mass is 16.6. The average molecular weight is 497 g/mol. The molecule has 37 heavy (non-hydrogen) atoms. The minimum atomic E-state index is -0.390. The fraction of sp³-hybridized carbons (Fsp3) is 0.455. The molecule has 6 rings (SSSR count). The van der Waals surface area contributed by atoms with Crippen molar-refractivity contribution in [1.29, 1.82) is 0 Å². The van der Waals surface area contributed by atoms with Crippen molar-refractivity contribution in [1.82, 2.24) is 9.88 Å². The Kier molecular flexibility index (Phi) is 7.76. The van der Waals surface area contributed by atoms with Gasteiger partial charge in [0, 0.05) is 30.5 Å². The normalized spacial score (nSPS) is 23.0. The Morgan fingerprint density at radius 2 is 1.86 bits per heavy atom. The van der Waals surface area contributed by atoms with E-state index >= 15 is 0 Å². The second-order valence-electron chi connectivity index (χ2n) is 11.4. The zero-order chi connectivity index (χ0) is 25.8. The van der Waals surface area contributed by atoms with Crippen LogP contribution in [0, 0.1) is 17.8 Å². The molecule has 1 saturated carbocycles. The molecule has 194 valence electrons. The molecule has 3 aromatic rings. The molecule has 4 heteroatoms. The van der Waals surface area contributed by atoms with Gasteiger partial charge >= 0.3 is 5.97 Å². The molecule has 1 aromatic heterocycles. The summed E-state index contributed by atoms with van der Waals surface area (Å²) in [6.45, 7) is 5.82. The van der Waals surface area contributed by atoms with Gasteiger partial charge in [0.15, 0.2) is 0 Å². The Labute approximate surface area is 221 Å². The highest BCUT2D eigenvalue weighted by Gasteiger charge is 2.50. The predicted molar refractivity (Wildman–Crippen MR) is 151 cm³/mol. The Hall–Kier alpha value is -2.98. The molecule has 3 atom stereocenters. The van der Waals surface area contributed by atoms with Crippen molar-refractivity contribution in [2.75, 3.05) is 20.1 Å². The van der Waals surface area contributed by atoms with Gasteiger partial charge in [-0.2, -0.15) is 0 Å². The lowest BCUT2D eigenvalue weighted by molar-refractivity contribution is -0.176. The lowest BCUT2D eigenvalue weighted by Crippen LogP contribution is -2.51. The van der Waals surface area contributed by atoms with E-state index in [0.29, 0.717) is 5.92 Å². The van der Waals surface area contributed by atoms with Gasteiger partial charge in [-0.3, -0.25) is 9.78 Å². The number of pyridine rings is 1. The van der Waals surface area contributed by atoms with Crippen molar-refractivity contribution in [2.45, 2.75) is 58.0 Å². The smallest absolute Gasteiger partial charge is 0.308 e. The summed E-state index contributed by atoms with van der Waals surface area (Å²) in [5.74, 6) is 0.572. The average Bonchev–Trinajstić information content (AvgIpc) is 2.92. The van der Waals surface area contributed by atoms with E-state index in [1.54, 1.807) is 0 Å². The zero-order valence-electron chi connectivity index (χ0n) is 22.5. The summed E-state index contributed by atoms with van der Waals surface area (Å²) in [7, 11) is 2.20. The third kappa shape index (κ3) is 5.80. The number of hydrogen-bond donors (Lipinski definition) is 0. The zero-order valence-corrected chi connectivity index (χ0v) is 22.5. The summed E-state index contributed by atoms with van der Waals surface area (Å²) < 4.78 is 6.41. The number of esters is 1. The van der Waals surface area contributed by atoms with Crippen molar-refractivity contribution in [3.05, 3.63) is 84.1 Å². The van der Waals surface area contributed by atoms with E-state index in [0.717, 1.165) is 50.7 Å². The van der Waals surface area contributed by atoms with Crippen LogP contribution in [-0.2, 0) is 16.0 Å². The molecule has 1 fully saturated rings. The van der Waals surface area contributed by atoms with Crippen LogP contribution in [0.5, 0.6) is 0 Å². The first-order chi connectivity index (χ1) is 17.9. The first-order valence-corrected chi connectivity index (χ1v) is 14.0. The Balaban J connectivity index is 1.23. The number of carbonyl (C=O) groups is 1. The molecule has 1 heterocycles. The lowest BCUT2D eigenvalue weighted by atomic mass is 9.60. The van der Waals surface area contributed by atoms with Gasteiger partial charge in [-0.15, -0.1) is 0 Å². The molecule has 0 saturated heterocycles. The van der Waals surface area contributed by atoms with E-state index in [4.69, 9.17) is 4.74 Å². The monoisotopic (exact) mass is 496 g/mol. The Morgan fingerprint density at radius 1 is 1.08 bits per heavy atom. The van der Waals surface area contributed by atoms with Gasteiger partial charge in [-0.25, -0.2) is 0 Å². The van der Waals surface area contributed by atoms with Crippen molar-refractivity contribution < 1.29 is 9.53 Å². The van der Waals surface area contributed by atoms with Crippen molar-refractivity contribution in [3.8, 4) is 0 Å². The van der Waals surface area contributed by atoms with Crippen LogP contribution in [0.1, 0.15) is 57.1 Å². The van der Waals surface area contributed by atoms with Gasteiger partial charge in [0.1, 0.15) is 5.60 Å². The van der Waals surface area contributed by atoms with Crippen LogP contribution >= 0.6 is 0 Å². The SMILES string of the molecule is CC(C)C(=O)O[C@@]1(CCN(C)CCCc2cnc3ccccc3c2)C[C@H]2CC[C@@H]1C=C2c1ccccc1.